The van der Waals surface area contributed by atoms with E-state index in [0.717, 1.165) is 46.1 Å². The highest BCUT2D eigenvalue weighted by molar-refractivity contribution is 6.07. The lowest BCUT2D eigenvalue weighted by Gasteiger charge is -2.13. The molecule has 176 valence electrons. The number of benzene rings is 2. The summed E-state index contributed by atoms with van der Waals surface area (Å²) in [5.74, 6) is 0.354. The Kier molecular flexibility index (Phi) is 5.86. The van der Waals surface area contributed by atoms with Crippen LogP contribution in [0.2, 0.25) is 0 Å². The minimum absolute atomic E-state index is 0.0795. The topological polar surface area (TPSA) is 107 Å². The van der Waals surface area contributed by atoms with Crippen LogP contribution in [-0.4, -0.2) is 40.0 Å². The monoisotopic (exact) mass is 466 g/mol. The summed E-state index contributed by atoms with van der Waals surface area (Å²) in [6, 6.07) is 16.0. The number of hydrogen-bond acceptors (Lipinski definition) is 8. The smallest absolute Gasteiger partial charge is 0.339 e. The minimum atomic E-state index is -0.429. The van der Waals surface area contributed by atoms with Crippen molar-refractivity contribution < 1.29 is 9.53 Å². The molecule has 0 unspecified atom stereocenters. The third kappa shape index (κ3) is 4.55. The summed E-state index contributed by atoms with van der Waals surface area (Å²) in [6.07, 6.45) is 3.68. The van der Waals surface area contributed by atoms with Gasteiger partial charge in [0.1, 0.15) is 0 Å². The largest absolute Gasteiger partial charge is 0.454 e. The van der Waals surface area contributed by atoms with Crippen molar-refractivity contribution >= 4 is 40.4 Å². The van der Waals surface area contributed by atoms with E-state index in [1.807, 2.05) is 24.3 Å². The Morgan fingerprint density at radius 3 is 2.57 bits per heavy atom. The van der Waals surface area contributed by atoms with E-state index in [9.17, 15) is 4.79 Å². The zero-order valence-electron chi connectivity index (χ0n) is 19.9. The Morgan fingerprint density at radius 2 is 1.80 bits per heavy atom. The summed E-state index contributed by atoms with van der Waals surface area (Å²) >= 11 is 0. The molecule has 0 aliphatic heterocycles. The first-order chi connectivity index (χ1) is 16.9. The van der Waals surface area contributed by atoms with Crippen molar-refractivity contribution in [3.8, 4) is 0 Å². The number of pyridine rings is 1. The van der Waals surface area contributed by atoms with Crippen LogP contribution < -0.4 is 10.6 Å². The van der Waals surface area contributed by atoms with E-state index in [2.05, 4.69) is 52.2 Å². The molecule has 0 amide bonds. The van der Waals surface area contributed by atoms with Crippen LogP contribution in [0.15, 0.2) is 48.5 Å². The van der Waals surface area contributed by atoms with E-state index in [1.165, 1.54) is 5.56 Å². The number of carbonyl (C=O) groups excluding carboxylic acids is 1. The maximum absolute atomic E-state index is 13.4. The van der Waals surface area contributed by atoms with Crippen LogP contribution in [0.3, 0.4) is 0 Å². The first-order valence-corrected chi connectivity index (χ1v) is 11.4. The van der Waals surface area contributed by atoms with Crippen LogP contribution in [-0.2, 0) is 17.8 Å². The number of anilines is 2. The number of carbonyl (C=O) groups is 1. The molecule has 2 heterocycles. The molecule has 8 nitrogen and oxygen atoms in total. The van der Waals surface area contributed by atoms with Gasteiger partial charge in [-0.2, -0.15) is 15.0 Å². The van der Waals surface area contributed by atoms with Crippen molar-refractivity contribution in [3.05, 3.63) is 82.3 Å². The molecule has 2 aromatic carbocycles. The number of allylic oxidation sites excluding steroid dienone is 1. The third-order valence-electron chi connectivity index (χ3n) is 5.98. The highest BCUT2D eigenvalue weighted by atomic mass is 16.5. The predicted molar refractivity (Wildman–Crippen MR) is 137 cm³/mol. The van der Waals surface area contributed by atoms with Crippen molar-refractivity contribution in [2.45, 2.75) is 26.4 Å². The van der Waals surface area contributed by atoms with Gasteiger partial charge in [-0.3, -0.25) is 0 Å². The highest BCUT2D eigenvalue weighted by Gasteiger charge is 2.27. The molecule has 1 aliphatic carbocycles. The number of aromatic nitrogens is 4. The Morgan fingerprint density at radius 1 is 1.03 bits per heavy atom. The molecule has 0 fully saturated rings. The van der Waals surface area contributed by atoms with Gasteiger partial charge in [0, 0.05) is 19.5 Å². The molecule has 0 spiro atoms. The molecule has 5 rings (SSSR count). The molecule has 1 aliphatic rings. The van der Waals surface area contributed by atoms with Crippen LogP contribution in [0.1, 0.15) is 45.0 Å². The van der Waals surface area contributed by atoms with Crippen LogP contribution in [0, 0.1) is 6.92 Å². The van der Waals surface area contributed by atoms with Crippen LogP contribution in [0.5, 0.6) is 0 Å². The van der Waals surface area contributed by atoms with Crippen molar-refractivity contribution in [1.29, 1.82) is 0 Å². The number of nitrogens with two attached hydrogens (primary N) is 1. The van der Waals surface area contributed by atoms with E-state index >= 15 is 0 Å². The molecule has 0 saturated carbocycles. The summed E-state index contributed by atoms with van der Waals surface area (Å²) < 4.78 is 5.69. The number of esters is 1. The second-order valence-electron chi connectivity index (χ2n) is 8.79. The van der Waals surface area contributed by atoms with Gasteiger partial charge in [-0.15, -0.1) is 0 Å². The number of rotatable bonds is 5. The molecule has 2 aromatic heterocycles. The molecule has 0 radical (unpaired) electrons. The SMILES string of the molecule is Cc1ccc(/C=C2\CCc3c2nc2ccccc2c3C(=O)OCc2nc(N)nc(N(C)C)n2)cc1. The lowest BCUT2D eigenvalue weighted by Crippen LogP contribution is -2.17. The second-order valence-corrected chi connectivity index (χ2v) is 8.79. The van der Waals surface area contributed by atoms with Gasteiger partial charge in [0.05, 0.1) is 16.8 Å². The van der Waals surface area contributed by atoms with Gasteiger partial charge in [0.2, 0.25) is 11.9 Å². The number of hydrogen-bond donors (Lipinski definition) is 1. The summed E-state index contributed by atoms with van der Waals surface area (Å²) in [6.45, 7) is 1.96. The molecule has 8 heteroatoms. The summed E-state index contributed by atoms with van der Waals surface area (Å²) in [7, 11) is 3.61. The summed E-state index contributed by atoms with van der Waals surface area (Å²) in [5, 5.41) is 0.775. The summed E-state index contributed by atoms with van der Waals surface area (Å²) in [4.78, 5) is 32.6. The van der Waals surface area contributed by atoms with E-state index in [1.54, 1.807) is 19.0 Å². The van der Waals surface area contributed by atoms with Crippen LogP contribution >= 0.6 is 0 Å². The van der Waals surface area contributed by atoms with Crippen molar-refractivity contribution in [2.24, 2.45) is 0 Å². The molecule has 0 atom stereocenters. The molecule has 0 bridgehead atoms. The van der Waals surface area contributed by atoms with E-state index in [4.69, 9.17) is 15.5 Å². The molecule has 0 saturated heterocycles. The van der Waals surface area contributed by atoms with E-state index < -0.39 is 5.97 Å². The van der Waals surface area contributed by atoms with Crippen molar-refractivity contribution in [3.63, 3.8) is 0 Å². The van der Waals surface area contributed by atoms with E-state index in [0.29, 0.717) is 17.3 Å². The lowest BCUT2D eigenvalue weighted by atomic mass is 10.0. The second kappa shape index (κ2) is 9.13. The zero-order valence-corrected chi connectivity index (χ0v) is 19.9. The molecular formula is C27H26N6O2. The Balaban J connectivity index is 1.51. The van der Waals surface area contributed by atoms with Gasteiger partial charge in [-0.25, -0.2) is 9.78 Å². The molecule has 4 aromatic rings. The number of fused-ring (bicyclic) bond motifs is 2. The standard InChI is InChI=1S/C27H26N6O2/c1-16-8-10-17(11-9-16)14-18-12-13-20-23(19-6-4-5-7-21(19)29-24(18)20)25(34)35-15-22-30-26(28)32-27(31-22)33(2)3/h4-11,14H,12-13,15H2,1-3H3,(H2,28,30,31,32)/b18-14+. The Bertz CT molecular complexity index is 1460. The molecular weight excluding hydrogens is 440 g/mol. The number of ether oxygens (including phenoxy) is 1. The number of nitrogens with zero attached hydrogens (tertiary/aromatic N) is 5. The summed E-state index contributed by atoms with van der Waals surface area (Å²) in [5.41, 5.74) is 12.3. The zero-order chi connectivity index (χ0) is 24.5. The van der Waals surface area contributed by atoms with Crippen molar-refractivity contribution in [2.75, 3.05) is 24.7 Å². The van der Waals surface area contributed by atoms with Gasteiger partial charge in [0.15, 0.2) is 12.4 Å². The fourth-order valence-electron chi connectivity index (χ4n) is 4.27. The highest BCUT2D eigenvalue weighted by Crippen LogP contribution is 2.37. The molecule has 2 N–H and O–H groups in total. The third-order valence-corrected chi connectivity index (χ3v) is 5.98. The molecule has 35 heavy (non-hydrogen) atoms. The minimum Gasteiger partial charge on any atom is -0.454 e. The Labute approximate surface area is 203 Å². The average Bonchev–Trinajstić information content (AvgIpc) is 3.24. The van der Waals surface area contributed by atoms with E-state index in [-0.39, 0.29) is 12.6 Å². The number of aryl methyl sites for hydroxylation is 1. The fraction of sp³-hybridized carbons (Fsp3) is 0.222. The number of para-hydroxylation sites is 1. The van der Waals surface area contributed by atoms with Gasteiger partial charge < -0.3 is 15.4 Å². The maximum atomic E-state index is 13.4. The van der Waals surface area contributed by atoms with Crippen LogP contribution in [0.4, 0.5) is 11.9 Å². The van der Waals surface area contributed by atoms with Gasteiger partial charge in [-0.05, 0) is 48.6 Å². The van der Waals surface area contributed by atoms with Gasteiger partial charge in [-0.1, -0.05) is 48.0 Å². The average molecular weight is 467 g/mol. The van der Waals surface area contributed by atoms with Gasteiger partial charge >= 0.3 is 5.97 Å². The fourth-order valence-corrected chi connectivity index (χ4v) is 4.27. The lowest BCUT2D eigenvalue weighted by molar-refractivity contribution is 0.0463. The predicted octanol–water partition coefficient (Wildman–Crippen LogP) is 4.22. The first kappa shape index (κ1) is 22.5. The quantitative estimate of drug-likeness (QED) is 0.436. The number of nitrogen functional groups attached to an aromatic ring is 1. The van der Waals surface area contributed by atoms with Crippen molar-refractivity contribution in [1.82, 2.24) is 19.9 Å². The normalized spacial score (nSPS) is 13.7. The first-order valence-electron chi connectivity index (χ1n) is 11.4. The van der Waals surface area contributed by atoms with Gasteiger partial charge in [0.25, 0.3) is 0 Å². The Hall–Kier alpha value is -4.33. The van der Waals surface area contributed by atoms with Crippen LogP contribution in [0.25, 0.3) is 22.6 Å². The maximum Gasteiger partial charge on any atom is 0.339 e.